The second-order valence-electron chi connectivity index (χ2n) is 20.3. The number of aliphatic hydroxyl groups is 2. The van der Waals surface area contributed by atoms with Crippen molar-refractivity contribution in [2.24, 2.45) is 0 Å². The maximum Gasteiger partial charge on any atom is 0.305 e. The number of aliphatic hydroxyl groups excluding tert-OH is 2. The zero-order chi connectivity index (χ0) is 47.9. The van der Waals surface area contributed by atoms with E-state index in [9.17, 15) is 19.8 Å². The van der Waals surface area contributed by atoms with Gasteiger partial charge in [0.1, 0.15) is 0 Å². The van der Waals surface area contributed by atoms with Crippen LogP contribution >= 0.6 is 0 Å². The van der Waals surface area contributed by atoms with Crippen LogP contribution in [-0.2, 0) is 14.3 Å². The van der Waals surface area contributed by atoms with Crippen LogP contribution in [0.2, 0.25) is 0 Å². The quantitative estimate of drug-likeness (QED) is 0.0321. The third-order valence-corrected chi connectivity index (χ3v) is 13.7. The van der Waals surface area contributed by atoms with Gasteiger partial charge in [-0.05, 0) is 57.8 Å². The highest BCUT2D eigenvalue weighted by atomic mass is 16.5. The molecule has 0 aliphatic rings. The van der Waals surface area contributed by atoms with Gasteiger partial charge in [-0.1, -0.05) is 276 Å². The molecule has 0 rings (SSSR count). The Balaban J connectivity index is 3.38. The molecule has 0 aromatic rings. The highest BCUT2D eigenvalue weighted by molar-refractivity contribution is 5.76. The van der Waals surface area contributed by atoms with Gasteiger partial charge >= 0.3 is 5.97 Å². The zero-order valence-electron chi connectivity index (χ0n) is 44.4. The van der Waals surface area contributed by atoms with Crippen molar-refractivity contribution in [3.05, 3.63) is 24.3 Å². The summed E-state index contributed by atoms with van der Waals surface area (Å²) < 4.78 is 5.48. The Kier molecular flexibility index (Phi) is 54.5. The molecule has 3 N–H and O–H groups in total. The maximum atomic E-state index is 12.4. The van der Waals surface area contributed by atoms with E-state index in [2.05, 4.69) is 31.3 Å². The van der Waals surface area contributed by atoms with Crippen LogP contribution in [0.1, 0.15) is 322 Å². The number of esters is 1. The van der Waals surface area contributed by atoms with Gasteiger partial charge in [-0.2, -0.15) is 0 Å². The lowest BCUT2D eigenvalue weighted by Crippen LogP contribution is -2.45. The summed E-state index contributed by atoms with van der Waals surface area (Å²) >= 11 is 0. The third kappa shape index (κ3) is 51.7. The van der Waals surface area contributed by atoms with Crippen LogP contribution in [0.25, 0.3) is 0 Å². The van der Waals surface area contributed by atoms with Crippen LogP contribution in [0.15, 0.2) is 24.3 Å². The highest BCUT2D eigenvalue weighted by Crippen LogP contribution is 2.17. The van der Waals surface area contributed by atoms with Crippen LogP contribution < -0.4 is 5.32 Å². The lowest BCUT2D eigenvalue weighted by atomic mass is 10.0. The predicted octanol–water partition coefficient (Wildman–Crippen LogP) is 18.2. The Labute approximate surface area is 411 Å². The summed E-state index contributed by atoms with van der Waals surface area (Å²) in [6.07, 6.45) is 67.9. The van der Waals surface area contributed by atoms with E-state index < -0.39 is 12.1 Å². The normalized spacial score (nSPS) is 12.7. The molecule has 0 aliphatic carbocycles. The second kappa shape index (κ2) is 55.9. The van der Waals surface area contributed by atoms with E-state index in [0.29, 0.717) is 19.4 Å². The van der Waals surface area contributed by atoms with E-state index in [-0.39, 0.29) is 18.5 Å². The van der Waals surface area contributed by atoms with Crippen molar-refractivity contribution in [2.45, 2.75) is 334 Å². The van der Waals surface area contributed by atoms with Gasteiger partial charge < -0.3 is 20.3 Å². The van der Waals surface area contributed by atoms with Crippen molar-refractivity contribution < 1.29 is 24.5 Å². The number of ether oxygens (including phenoxy) is 1. The number of hydrogen-bond donors (Lipinski definition) is 3. The fraction of sp³-hybridized carbons (Fsp3) is 0.900. The molecule has 0 radical (unpaired) electrons. The largest absolute Gasteiger partial charge is 0.466 e. The molecule has 0 fully saturated rings. The lowest BCUT2D eigenvalue weighted by molar-refractivity contribution is -0.143. The molecule has 0 bridgehead atoms. The molecule has 0 aromatic carbocycles. The van der Waals surface area contributed by atoms with Gasteiger partial charge in [-0.3, -0.25) is 9.59 Å². The Bertz CT molecular complexity index is 1030. The van der Waals surface area contributed by atoms with Crippen molar-refractivity contribution in [1.82, 2.24) is 5.32 Å². The summed E-state index contributed by atoms with van der Waals surface area (Å²) in [5.41, 5.74) is 0. The molecule has 6 heteroatoms. The average molecular weight is 931 g/mol. The Morgan fingerprint density at radius 1 is 0.409 bits per heavy atom. The molecule has 0 saturated heterocycles. The third-order valence-electron chi connectivity index (χ3n) is 13.7. The molecule has 66 heavy (non-hydrogen) atoms. The van der Waals surface area contributed by atoms with Crippen LogP contribution in [-0.4, -0.2) is 47.4 Å². The summed E-state index contributed by atoms with van der Waals surface area (Å²) in [6, 6.07) is -0.628. The van der Waals surface area contributed by atoms with E-state index in [1.54, 1.807) is 6.08 Å². The Morgan fingerprint density at radius 2 is 0.712 bits per heavy atom. The minimum Gasteiger partial charge on any atom is -0.466 e. The number of hydrogen-bond acceptors (Lipinski definition) is 5. The van der Waals surface area contributed by atoms with Gasteiger partial charge in [0, 0.05) is 12.8 Å². The SMILES string of the molecule is CCCCCCCCCC/C=C/C(O)C(CO)NC(=O)CCCCCCCCCCC/C=C\CCCCCCCCCCCCCCOC(=O)CCCCCCCCCCCCCCCC. The summed E-state index contributed by atoms with van der Waals surface area (Å²) in [7, 11) is 0. The lowest BCUT2D eigenvalue weighted by Gasteiger charge is -2.20. The molecule has 2 atom stereocenters. The molecule has 390 valence electrons. The second-order valence-corrected chi connectivity index (χ2v) is 20.3. The molecule has 0 aliphatic heterocycles. The molecular weight excluding hydrogens is 815 g/mol. The van der Waals surface area contributed by atoms with E-state index in [1.807, 2.05) is 6.08 Å². The summed E-state index contributed by atoms with van der Waals surface area (Å²) in [4.78, 5) is 24.4. The molecule has 2 unspecified atom stereocenters. The first-order valence-electron chi connectivity index (χ1n) is 29.6. The van der Waals surface area contributed by atoms with Gasteiger partial charge in [0.2, 0.25) is 5.91 Å². The van der Waals surface area contributed by atoms with E-state index in [0.717, 1.165) is 38.5 Å². The molecule has 0 spiro atoms. The van der Waals surface area contributed by atoms with Crippen molar-refractivity contribution >= 4 is 11.9 Å². The zero-order valence-corrected chi connectivity index (χ0v) is 44.4. The number of carbonyl (C=O) groups excluding carboxylic acids is 2. The fourth-order valence-corrected chi connectivity index (χ4v) is 9.16. The Morgan fingerprint density at radius 3 is 1.08 bits per heavy atom. The molecule has 0 heterocycles. The van der Waals surface area contributed by atoms with Gasteiger partial charge in [-0.25, -0.2) is 0 Å². The number of amides is 1. The number of allylic oxidation sites excluding steroid dienone is 3. The standard InChI is InChI=1S/C60H115NO5/c1-3-5-7-9-11-13-15-16-31-34-38-42-46-50-54-60(65)66-55-51-47-43-39-35-32-29-27-25-23-21-19-17-18-20-22-24-26-28-30-33-37-41-45-49-53-59(64)61-57(56-62)58(63)52-48-44-40-36-14-12-10-8-6-4-2/h18,20,48,52,57-58,62-63H,3-17,19,21-47,49-51,53-56H2,1-2H3,(H,61,64)/b20-18-,52-48+. The number of carbonyl (C=O) groups is 2. The number of unbranched alkanes of at least 4 members (excludes halogenated alkanes) is 42. The van der Waals surface area contributed by atoms with Gasteiger partial charge in [0.15, 0.2) is 0 Å². The molecule has 6 nitrogen and oxygen atoms in total. The van der Waals surface area contributed by atoms with Crippen LogP contribution in [0.5, 0.6) is 0 Å². The summed E-state index contributed by atoms with van der Waals surface area (Å²) in [5.74, 6) is -0.0572. The fourth-order valence-electron chi connectivity index (χ4n) is 9.16. The van der Waals surface area contributed by atoms with Crippen molar-refractivity contribution in [1.29, 1.82) is 0 Å². The molecular formula is C60H115NO5. The molecule has 0 saturated carbocycles. The summed E-state index contributed by atoms with van der Waals surface area (Å²) in [6.45, 7) is 4.90. The predicted molar refractivity (Wildman–Crippen MR) is 287 cm³/mol. The van der Waals surface area contributed by atoms with Crippen molar-refractivity contribution in [3.63, 3.8) is 0 Å². The smallest absolute Gasteiger partial charge is 0.305 e. The van der Waals surface area contributed by atoms with E-state index >= 15 is 0 Å². The van der Waals surface area contributed by atoms with Gasteiger partial charge in [-0.15, -0.1) is 0 Å². The average Bonchev–Trinajstić information content (AvgIpc) is 3.32. The highest BCUT2D eigenvalue weighted by Gasteiger charge is 2.18. The molecule has 1 amide bonds. The number of nitrogens with one attached hydrogen (secondary N) is 1. The van der Waals surface area contributed by atoms with Crippen molar-refractivity contribution in [2.75, 3.05) is 13.2 Å². The molecule has 0 aromatic heterocycles. The first kappa shape index (κ1) is 64.3. The topological polar surface area (TPSA) is 95.9 Å². The van der Waals surface area contributed by atoms with E-state index in [1.165, 1.54) is 257 Å². The minimum absolute atomic E-state index is 0.0152. The van der Waals surface area contributed by atoms with Crippen LogP contribution in [0.4, 0.5) is 0 Å². The van der Waals surface area contributed by atoms with E-state index in [4.69, 9.17) is 4.74 Å². The minimum atomic E-state index is -0.844. The van der Waals surface area contributed by atoms with Crippen LogP contribution in [0, 0.1) is 0 Å². The van der Waals surface area contributed by atoms with Gasteiger partial charge in [0.05, 0.1) is 25.4 Å². The van der Waals surface area contributed by atoms with Crippen molar-refractivity contribution in [3.8, 4) is 0 Å². The monoisotopic (exact) mass is 930 g/mol. The maximum absolute atomic E-state index is 12.4. The Hall–Kier alpha value is -1.66. The first-order chi connectivity index (χ1) is 32.5. The van der Waals surface area contributed by atoms with Gasteiger partial charge in [0.25, 0.3) is 0 Å². The first-order valence-corrected chi connectivity index (χ1v) is 29.6. The summed E-state index contributed by atoms with van der Waals surface area (Å²) in [5, 5.41) is 23.0. The number of rotatable bonds is 55. The van der Waals surface area contributed by atoms with Crippen LogP contribution in [0.3, 0.4) is 0 Å².